The van der Waals surface area contributed by atoms with E-state index in [1.54, 1.807) is 31.5 Å². The zero-order chi connectivity index (χ0) is 24.1. The molecule has 0 spiro atoms. The molecule has 0 aliphatic rings. The number of pyridine rings is 1. The summed E-state index contributed by atoms with van der Waals surface area (Å²) in [5.41, 5.74) is 8.96. The Kier molecular flexibility index (Phi) is 6.72. The largest absolute Gasteiger partial charge is 0.382 e. The lowest BCUT2D eigenvalue weighted by atomic mass is 10.1. The van der Waals surface area contributed by atoms with Crippen LogP contribution in [0.1, 0.15) is 34.5 Å². The molecule has 1 amide bonds. The van der Waals surface area contributed by atoms with Gasteiger partial charge in [0.1, 0.15) is 11.6 Å². The minimum Gasteiger partial charge on any atom is -0.382 e. The van der Waals surface area contributed by atoms with Gasteiger partial charge in [-0.1, -0.05) is 30.3 Å². The molecule has 0 aliphatic carbocycles. The minimum absolute atomic E-state index is 0.339. The lowest BCUT2D eigenvalue weighted by Gasteiger charge is -2.16. The molecule has 0 bridgehead atoms. The zero-order valence-corrected chi connectivity index (χ0v) is 18.3. The number of carbonyl (C=O) groups is 1. The highest BCUT2D eigenvalue weighted by Gasteiger charge is 2.17. The molecule has 0 fully saturated rings. The van der Waals surface area contributed by atoms with E-state index >= 15 is 0 Å². The minimum atomic E-state index is -0.961. The maximum atomic E-state index is 13.5. The molecule has 34 heavy (non-hydrogen) atoms. The molecule has 2 aromatic carbocycles. The van der Waals surface area contributed by atoms with Crippen molar-refractivity contribution < 1.29 is 13.6 Å². The second-order valence-electron chi connectivity index (χ2n) is 7.65. The van der Waals surface area contributed by atoms with Gasteiger partial charge in [-0.05, 0) is 42.3 Å². The standard InChI is InChI=1S/C25H22F2N6O/c1-15(18-8-9-20(26)21(27)11-18)33-25(34)19-3-2-10-29-24(19)32-12-16-4-6-17(7-5-16)22-13-31-23(28)14-30-22/h2-11,13-15H,12H2,1H3,(H2,28,31)(H,29,32)(H,33,34)/t15-/m0/s1. The number of amides is 1. The second-order valence-corrected chi connectivity index (χ2v) is 7.65. The Morgan fingerprint density at radius 2 is 1.79 bits per heavy atom. The van der Waals surface area contributed by atoms with Crippen LogP contribution in [0, 0.1) is 11.6 Å². The smallest absolute Gasteiger partial charge is 0.255 e. The van der Waals surface area contributed by atoms with Gasteiger partial charge in [-0.15, -0.1) is 0 Å². The molecule has 7 nitrogen and oxygen atoms in total. The van der Waals surface area contributed by atoms with Gasteiger partial charge in [0.05, 0.1) is 29.7 Å². The third-order valence-corrected chi connectivity index (χ3v) is 5.23. The van der Waals surface area contributed by atoms with Crippen molar-refractivity contribution in [1.82, 2.24) is 20.3 Å². The van der Waals surface area contributed by atoms with Crippen LogP contribution in [0.5, 0.6) is 0 Å². The van der Waals surface area contributed by atoms with Gasteiger partial charge < -0.3 is 16.4 Å². The molecular weight excluding hydrogens is 438 g/mol. The zero-order valence-electron chi connectivity index (χ0n) is 18.3. The van der Waals surface area contributed by atoms with E-state index in [9.17, 15) is 13.6 Å². The summed E-state index contributed by atoms with van der Waals surface area (Å²) in [6.45, 7) is 2.13. The molecule has 0 unspecified atom stereocenters. The molecule has 4 aromatic rings. The Morgan fingerprint density at radius 3 is 2.50 bits per heavy atom. The van der Waals surface area contributed by atoms with E-state index in [4.69, 9.17) is 5.73 Å². The van der Waals surface area contributed by atoms with Gasteiger partial charge in [0.2, 0.25) is 0 Å². The van der Waals surface area contributed by atoms with Gasteiger partial charge in [-0.2, -0.15) is 0 Å². The number of halogens is 2. The fourth-order valence-electron chi connectivity index (χ4n) is 3.34. The Balaban J connectivity index is 1.42. The molecule has 0 saturated heterocycles. The molecule has 172 valence electrons. The van der Waals surface area contributed by atoms with Crippen molar-refractivity contribution in [2.24, 2.45) is 0 Å². The predicted octanol–water partition coefficient (Wildman–Crippen LogP) is 4.50. The van der Waals surface area contributed by atoms with Gasteiger partial charge >= 0.3 is 0 Å². The van der Waals surface area contributed by atoms with E-state index in [0.29, 0.717) is 35.0 Å². The van der Waals surface area contributed by atoms with Crippen molar-refractivity contribution in [2.45, 2.75) is 19.5 Å². The van der Waals surface area contributed by atoms with Crippen LogP contribution in [0.4, 0.5) is 20.4 Å². The van der Waals surface area contributed by atoms with Crippen LogP contribution in [-0.2, 0) is 6.54 Å². The third kappa shape index (κ3) is 5.32. The van der Waals surface area contributed by atoms with E-state index in [2.05, 4.69) is 25.6 Å². The average molecular weight is 460 g/mol. The van der Waals surface area contributed by atoms with Crippen LogP contribution in [0.2, 0.25) is 0 Å². The average Bonchev–Trinajstić information content (AvgIpc) is 2.85. The van der Waals surface area contributed by atoms with Crippen LogP contribution in [0.25, 0.3) is 11.3 Å². The maximum Gasteiger partial charge on any atom is 0.255 e. The Bertz CT molecular complexity index is 1300. The highest BCUT2D eigenvalue weighted by atomic mass is 19.2. The molecule has 0 radical (unpaired) electrons. The van der Waals surface area contributed by atoms with Crippen LogP contribution < -0.4 is 16.4 Å². The number of nitrogens with two attached hydrogens (primary N) is 1. The summed E-state index contributed by atoms with van der Waals surface area (Å²) in [5.74, 6) is -1.51. The SMILES string of the molecule is C[C@H](NC(=O)c1cccnc1NCc1ccc(-c2cnc(N)cn2)cc1)c1ccc(F)c(F)c1. The van der Waals surface area contributed by atoms with Gasteiger partial charge in [0.25, 0.3) is 5.91 Å². The number of aromatic nitrogens is 3. The van der Waals surface area contributed by atoms with E-state index in [0.717, 1.165) is 23.3 Å². The van der Waals surface area contributed by atoms with Gasteiger partial charge in [0, 0.05) is 18.3 Å². The van der Waals surface area contributed by atoms with E-state index in [1.165, 1.54) is 12.3 Å². The molecule has 4 N–H and O–H groups in total. The number of rotatable bonds is 7. The normalized spacial score (nSPS) is 11.6. The van der Waals surface area contributed by atoms with E-state index < -0.39 is 17.7 Å². The highest BCUT2D eigenvalue weighted by molar-refractivity contribution is 5.98. The van der Waals surface area contributed by atoms with Crippen LogP contribution in [0.15, 0.2) is 73.2 Å². The van der Waals surface area contributed by atoms with Gasteiger partial charge in [-0.3, -0.25) is 9.78 Å². The van der Waals surface area contributed by atoms with Gasteiger partial charge in [0.15, 0.2) is 11.6 Å². The lowest BCUT2D eigenvalue weighted by Crippen LogP contribution is -2.27. The number of nitrogens with zero attached hydrogens (tertiary/aromatic N) is 3. The van der Waals surface area contributed by atoms with E-state index in [1.807, 2.05) is 24.3 Å². The number of anilines is 2. The first-order valence-corrected chi connectivity index (χ1v) is 10.5. The lowest BCUT2D eigenvalue weighted by molar-refractivity contribution is 0.0940. The molecule has 1 atom stereocenters. The maximum absolute atomic E-state index is 13.5. The fourth-order valence-corrected chi connectivity index (χ4v) is 3.34. The monoisotopic (exact) mass is 460 g/mol. The van der Waals surface area contributed by atoms with Crippen molar-refractivity contribution in [2.75, 3.05) is 11.1 Å². The molecule has 0 aliphatic heterocycles. The molecule has 2 heterocycles. The molecule has 9 heteroatoms. The number of hydrogen-bond donors (Lipinski definition) is 3. The number of carbonyl (C=O) groups excluding carboxylic acids is 1. The van der Waals surface area contributed by atoms with Crippen molar-refractivity contribution in [3.63, 3.8) is 0 Å². The molecule has 4 rings (SSSR count). The quantitative estimate of drug-likeness (QED) is 0.375. The predicted molar refractivity (Wildman–Crippen MR) is 126 cm³/mol. The van der Waals surface area contributed by atoms with Crippen molar-refractivity contribution in [3.05, 3.63) is 102 Å². The fraction of sp³-hybridized carbons (Fsp3) is 0.120. The van der Waals surface area contributed by atoms with Crippen molar-refractivity contribution in [3.8, 4) is 11.3 Å². The number of nitrogens with one attached hydrogen (secondary N) is 2. The summed E-state index contributed by atoms with van der Waals surface area (Å²) < 4.78 is 26.7. The van der Waals surface area contributed by atoms with E-state index in [-0.39, 0.29) is 5.91 Å². The molecule has 2 aromatic heterocycles. The summed E-state index contributed by atoms with van der Waals surface area (Å²) in [4.78, 5) is 25.4. The molecule has 0 saturated carbocycles. The van der Waals surface area contributed by atoms with Crippen molar-refractivity contribution in [1.29, 1.82) is 0 Å². The molecular formula is C25H22F2N6O. The first-order valence-electron chi connectivity index (χ1n) is 10.5. The van der Waals surface area contributed by atoms with Crippen LogP contribution in [-0.4, -0.2) is 20.9 Å². The van der Waals surface area contributed by atoms with Crippen LogP contribution in [0.3, 0.4) is 0 Å². The Morgan fingerprint density at radius 1 is 1.00 bits per heavy atom. The number of benzene rings is 2. The first-order chi connectivity index (χ1) is 16.4. The summed E-state index contributed by atoms with van der Waals surface area (Å²) in [6, 6.07) is 14.0. The van der Waals surface area contributed by atoms with Gasteiger partial charge in [-0.25, -0.2) is 18.7 Å². The van der Waals surface area contributed by atoms with Crippen LogP contribution >= 0.6 is 0 Å². The first kappa shape index (κ1) is 22.8. The Hall–Kier alpha value is -4.40. The second kappa shape index (κ2) is 10.0. The highest BCUT2D eigenvalue weighted by Crippen LogP contribution is 2.20. The Labute approximate surface area is 195 Å². The van der Waals surface area contributed by atoms with Crippen molar-refractivity contribution >= 4 is 17.5 Å². The number of hydrogen-bond acceptors (Lipinski definition) is 6. The number of nitrogen functional groups attached to an aromatic ring is 1. The summed E-state index contributed by atoms with van der Waals surface area (Å²) in [7, 11) is 0. The summed E-state index contributed by atoms with van der Waals surface area (Å²) in [5, 5.41) is 5.98. The summed E-state index contributed by atoms with van der Waals surface area (Å²) >= 11 is 0. The summed E-state index contributed by atoms with van der Waals surface area (Å²) in [6.07, 6.45) is 4.70. The topological polar surface area (TPSA) is 106 Å². The third-order valence-electron chi connectivity index (χ3n) is 5.23.